The molecule has 3 rings (SSSR count). The van der Waals surface area contributed by atoms with Crippen LogP contribution in [0.3, 0.4) is 0 Å². The van der Waals surface area contributed by atoms with E-state index in [1.165, 1.54) is 5.56 Å². The van der Waals surface area contributed by atoms with Crippen LogP contribution in [0.4, 0.5) is 5.00 Å². The van der Waals surface area contributed by atoms with Gasteiger partial charge in [0, 0.05) is 18.9 Å². The van der Waals surface area contributed by atoms with Gasteiger partial charge in [0.1, 0.15) is 0 Å². The maximum atomic E-state index is 12.9. The lowest BCUT2D eigenvalue weighted by molar-refractivity contribution is -0.117. The molecule has 5 heteroatoms. The van der Waals surface area contributed by atoms with Crippen molar-refractivity contribution >= 4 is 32.3 Å². The number of pyridine rings is 1. The smallest absolute Gasteiger partial charge is 0.233 e. The number of anilines is 1. The summed E-state index contributed by atoms with van der Waals surface area (Å²) in [5, 5.41) is 5.04. The number of hydrogen-bond donors (Lipinski definition) is 1. The maximum absolute atomic E-state index is 12.9. The highest BCUT2D eigenvalue weighted by atomic mass is 32.1. The molecule has 0 unspecified atom stereocenters. The van der Waals surface area contributed by atoms with Gasteiger partial charge in [-0.05, 0) is 44.1 Å². The molecule has 4 nitrogen and oxygen atoms in total. The van der Waals surface area contributed by atoms with Gasteiger partial charge in [0.15, 0.2) is 0 Å². The predicted molar refractivity (Wildman–Crippen MR) is 101 cm³/mol. The van der Waals surface area contributed by atoms with E-state index in [1.54, 1.807) is 17.5 Å². The van der Waals surface area contributed by atoms with Crippen LogP contribution < -0.4 is 5.32 Å². The molecule has 0 radical (unpaired) electrons. The van der Waals surface area contributed by atoms with E-state index < -0.39 is 0 Å². The molecular formula is C19H21N3OS. The lowest BCUT2D eigenvalue weighted by atomic mass is 9.96. The van der Waals surface area contributed by atoms with E-state index in [2.05, 4.69) is 29.4 Å². The van der Waals surface area contributed by atoms with Crippen molar-refractivity contribution in [1.29, 1.82) is 0 Å². The summed E-state index contributed by atoms with van der Waals surface area (Å²) < 4.78 is 1.08. The molecule has 2 aromatic heterocycles. The molecule has 1 amide bonds. The summed E-state index contributed by atoms with van der Waals surface area (Å²) in [7, 11) is 3.97. The molecule has 2 heterocycles. The summed E-state index contributed by atoms with van der Waals surface area (Å²) >= 11 is 1.55. The van der Waals surface area contributed by atoms with Gasteiger partial charge in [-0.3, -0.25) is 9.78 Å². The molecule has 0 aliphatic heterocycles. The molecule has 3 aromatic rings. The lowest BCUT2D eigenvalue weighted by Crippen LogP contribution is -2.30. The van der Waals surface area contributed by atoms with Gasteiger partial charge in [0.2, 0.25) is 5.91 Å². The van der Waals surface area contributed by atoms with Crippen LogP contribution in [0.2, 0.25) is 0 Å². The zero-order valence-electron chi connectivity index (χ0n) is 14.1. The summed E-state index contributed by atoms with van der Waals surface area (Å²) in [5.41, 5.74) is 2.23. The molecule has 24 heavy (non-hydrogen) atoms. The molecule has 124 valence electrons. The van der Waals surface area contributed by atoms with Crippen LogP contribution in [0.5, 0.6) is 0 Å². The number of nitrogens with zero attached hydrogens (tertiary/aromatic N) is 2. The van der Waals surface area contributed by atoms with E-state index in [4.69, 9.17) is 0 Å². The van der Waals surface area contributed by atoms with Crippen molar-refractivity contribution in [1.82, 2.24) is 9.88 Å². The Kier molecular flexibility index (Phi) is 4.92. The molecule has 0 bridgehead atoms. The predicted octanol–water partition coefficient (Wildman–Crippen LogP) is 3.89. The summed E-state index contributed by atoms with van der Waals surface area (Å²) in [6.07, 6.45) is 3.59. The zero-order chi connectivity index (χ0) is 17.1. The number of aromatic nitrogens is 1. The summed E-state index contributed by atoms with van der Waals surface area (Å²) in [4.78, 5) is 19.0. The second kappa shape index (κ2) is 7.11. The van der Waals surface area contributed by atoms with Crippen LogP contribution in [0, 0.1) is 6.92 Å². The first kappa shape index (κ1) is 16.6. The monoisotopic (exact) mass is 339 g/mol. The van der Waals surface area contributed by atoms with Crippen LogP contribution in [0.1, 0.15) is 17.0 Å². The number of amides is 1. The maximum Gasteiger partial charge on any atom is 0.233 e. The van der Waals surface area contributed by atoms with Gasteiger partial charge in [-0.2, -0.15) is 0 Å². The van der Waals surface area contributed by atoms with Crippen LogP contribution >= 0.6 is 11.3 Å². The van der Waals surface area contributed by atoms with Crippen molar-refractivity contribution in [3.63, 3.8) is 0 Å². The quantitative estimate of drug-likeness (QED) is 0.767. The van der Waals surface area contributed by atoms with Crippen molar-refractivity contribution < 1.29 is 4.79 Å². The average Bonchev–Trinajstić information content (AvgIpc) is 2.95. The number of carbonyl (C=O) groups excluding carboxylic acids is 1. The molecule has 0 aliphatic carbocycles. The first-order valence-corrected chi connectivity index (χ1v) is 8.70. The Hall–Kier alpha value is -2.24. The fraction of sp³-hybridized carbons (Fsp3) is 0.263. The third kappa shape index (κ3) is 3.80. The topological polar surface area (TPSA) is 45.2 Å². The summed E-state index contributed by atoms with van der Waals surface area (Å²) in [5.74, 6) is -0.184. The standard InChI is InChI=1S/C19H21N3OS/c1-13-4-6-14(7-5-13)16(12-22(2)3)19(23)21-18-10-15-8-9-20-11-17(15)24-18/h4-11,16H,12H2,1-3H3,(H,21,23)/t16-/m1/s1. The van der Waals surface area contributed by atoms with Crippen LogP contribution in [0.15, 0.2) is 48.8 Å². The molecule has 1 atom stereocenters. The highest BCUT2D eigenvalue weighted by Gasteiger charge is 2.22. The lowest BCUT2D eigenvalue weighted by Gasteiger charge is -2.20. The summed E-state index contributed by atoms with van der Waals surface area (Å²) in [6.45, 7) is 2.72. The second-order valence-electron chi connectivity index (χ2n) is 6.24. The Labute approximate surface area is 146 Å². The van der Waals surface area contributed by atoms with Gasteiger partial charge >= 0.3 is 0 Å². The number of thiophene rings is 1. The van der Waals surface area contributed by atoms with Gasteiger partial charge in [0.25, 0.3) is 0 Å². The fourth-order valence-corrected chi connectivity index (χ4v) is 3.59. The van der Waals surface area contributed by atoms with Crippen LogP contribution in [-0.2, 0) is 4.79 Å². The number of rotatable bonds is 5. The van der Waals surface area contributed by atoms with E-state index in [9.17, 15) is 4.79 Å². The number of hydrogen-bond acceptors (Lipinski definition) is 4. The van der Waals surface area contributed by atoms with Gasteiger partial charge in [-0.15, -0.1) is 11.3 Å². The van der Waals surface area contributed by atoms with E-state index >= 15 is 0 Å². The molecule has 1 aromatic carbocycles. The van der Waals surface area contributed by atoms with Crippen LogP contribution in [0.25, 0.3) is 10.1 Å². The molecule has 1 N–H and O–H groups in total. The average molecular weight is 339 g/mol. The first-order chi connectivity index (χ1) is 11.5. The Bertz CT molecular complexity index is 806. The molecule has 0 aliphatic rings. The number of fused-ring (bicyclic) bond motifs is 1. The number of aryl methyl sites for hydroxylation is 1. The Morgan fingerprint density at radius 2 is 2.00 bits per heavy atom. The van der Waals surface area contributed by atoms with Crippen LogP contribution in [-0.4, -0.2) is 36.4 Å². The van der Waals surface area contributed by atoms with Crippen molar-refractivity contribution in [3.8, 4) is 0 Å². The van der Waals surface area contributed by atoms with E-state index in [0.29, 0.717) is 6.54 Å². The number of carbonyl (C=O) groups is 1. The number of nitrogens with one attached hydrogen (secondary N) is 1. The largest absolute Gasteiger partial charge is 0.317 e. The number of benzene rings is 1. The number of likely N-dealkylation sites (N-methyl/N-ethyl adjacent to an activating group) is 1. The molecule has 0 saturated heterocycles. The Morgan fingerprint density at radius 3 is 2.67 bits per heavy atom. The van der Waals surface area contributed by atoms with E-state index in [-0.39, 0.29) is 11.8 Å². The van der Waals surface area contributed by atoms with Crippen molar-refractivity contribution in [2.24, 2.45) is 0 Å². The molecule has 0 fully saturated rings. The Morgan fingerprint density at radius 1 is 1.25 bits per heavy atom. The van der Waals surface area contributed by atoms with Gasteiger partial charge in [-0.25, -0.2) is 0 Å². The zero-order valence-corrected chi connectivity index (χ0v) is 14.9. The van der Waals surface area contributed by atoms with Crippen molar-refractivity contribution in [2.75, 3.05) is 26.0 Å². The van der Waals surface area contributed by atoms with Gasteiger partial charge in [-0.1, -0.05) is 29.8 Å². The van der Waals surface area contributed by atoms with E-state index in [0.717, 1.165) is 20.7 Å². The third-order valence-corrected chi connectivity index (χ3v) is 4.91. The highest BCUT2D eigenvalue weighted by molar-refractivity contribution is 7.22. The highest BCUT2D eigenvalue weighted by Crippen LogP contribution is 2.30. The van der Waals surface area contributed by atoms with E-state index in [1.807, 2.05) is 49.5 Å². The van der Waals surface area contributed by atoms with Crippen molar-refractivity contribution in [3.05, 3.63) is 59.9 Å². The van der Waals surface area contributed by atoms with Gasteiger partial charge in [0.05, 0.1) is 15.6 Å². The minimum Gasteiger partial charge on any atom is -0.317 e. The molecule has 0 saturated carbocycles. The van der Waals surface area contributed by atoms with Gasteiger partial charge < -0.3 is 10.2 Å². The SMILES string of the molecule is Cc1ccc([C@@H](CN(C)C)C(=O)Nc2cc3ccncc3s2)cc1. The van der Waals surface area contributed by atoms with Crippen molar-refractivity contribution in [2.45, 2.75) is 12.8 Å². The summed E-state index contributed by atoms with van der Waals surface area (Å²) in [6, 6.07) is 12.1. The molecular weight excluding hydrogens is 318 g/mol. The Balaban J connectivity index is 1.83. The fourth-order valence-electron chi connectivity index (χ4n) is 2.66. The second-order valence-corrected chi connectivity index (χ2v) is 7.32. The normalized spacial score (nSPS) is 12.5. The third-order valence-electron chi connectivity index (χ3n) is 3.91. The minimum absolute atomic E-state index is 0.0204. The molecule has 0 spiro atoms. The first-order valence-electron chi connectivity index (χ1n) is 7.88. The minimum atomic E-state index is -0.205.